The van der Waals surface area contributed by atoms with Crippen LogP contribution in [0.4, 0.5) is 0 Å². The number of oxazole rings is 1. The predicted octanol–water partition coefficient (Wildman–Crippen LogP) is 2.25. The lowest BCUT2D eigenvalue weighted by molar-refractivity contribution is 0.325. The highest BCUT2D eigenvalue weighted by molar-refractivity contribution is 6.31. The van der Waals surface area contributed by atoms with Crippen molar-refractivity contribution in [3.63, 3.8) is 0 Å². The van der Waals surface area contributed by atoms with Crippen LogP contribution in [0.5, 0.6) is 0 Å². The minimum absolute atomic E-state index is 0.286. The van der Waals surface area contributed by atoms with Gasteiger partial charge in [-0.25, -0.2) is 4.79 Å². The number of halogens is 1. The second kappa shape index (κ2) is 4.78. The molecule has 0 radical (unpaired) electrons. The Bertz CT molecular complexity index is 611. The molecule has 96 valence electrons. The van der Waals surface area contributed by atoms with Crippen LogP contribution in [0.1, 0.15) is 12.8 Å². The molecule has 1 N–H and O–H groups in total. The number of aromatic nitrogens is 1. The van der Waals surface area contributed by atoms with E-state index in [9.17, 15) is 4.79 Å². The Morgan fingerprint density at radius 1 is 1.39 bits per heavy atom. The highest BCUT2D eigenvalue weighted by Gasteiger charge is 2.17. The van der Waals surface area contributed by atoms with Gasteiger partial charge in [0.1, 0.15) is 0 Å². The van der Waals surface area contributed by atoms with Crippen molar-refractivity contribution in [2.24, 2.45) is 5.92 Å². The first-order chi connectivity index (χ1) is 8.74. The van der Waals surface area contributed by atoms with E-state index >= 15 is 0 Å². The van der Waals surface area contributed by atoms with Crippen molar-refractivity contribution in [3.05, 3.63) is 33.8 Å². The summed E-state index contributed by atoms with van der Waals surface area (Å²) in [5, 5.41) is 3.95. The van der Waals surface area contributed by atoms with Gasteiger partial charge >= 0.3 is 5.76 Å². The Balaban J connectivity index is 1.97. The lowest BCUT2D eigenvalue weighted by Gasteiger charge is -2.22. The Kier molecular flexibility index (Phi) is 3.14. The first kappa shape index (κ1) is 11.8. The molecule has 4 nitrogen and oxygen atoms in total. The van der Waals surface area contributed by atoms with Gasteiger partial charge in [0.15, 0.2) is 5.58 Å². The molecule has 0 spiro atoms. The molecule has 1 saturated heterocycles. The fourth-order valence-corrected chi connectivity index (χ4v) is 2.70. The lowest BCUT2D eigenvalue weighted by atomic mass is 9.98. The smallest absolute Gasteiger partial charge is 0.408 e. The average Bonchev–Trinajstić information content (AvgIpc) is 2.67. The zero-order valence-corrected chi connectivity index (χ0v) is 10.7. The highest BCUT2D eigenvalue weighted by Crippen LogP contribution is 2.21. The molecule has 5 heteroatoms. The van der Waals surface area contributed by atoms with E-state index in [2.05, 4.69) is 5.32 Å². The fourth-order valence-electron chi connectivity index (χ4n) is 2.53. The quantitative estimate of drug-likeness (QED) is 0.907. The summed E-state index contributed by atoms with van der Waals surface area (Å²) < 4.78 is 6.93. The van der Waals surface area contributed by atoms with Gasteiger partial charge in [0.25, 0.3) is 0 Å². The third kappa shape index (κ3) is 2.18. The maximum Gasteiger partial charge on any atom is 0.419 e. The van der Waals surface area contributed by atoms with Gasteiger partial charge in [-0.2, -0.15) is 0 Å². The second-order valence-corrected chi connectivity index (χ2v) is 5.22. The molecule has 0 saturated carbocycles. The summed E-state index contributed by atoms with van der Waals surface area (Å²) in [5.41, 5.74) is 1.41. The molecule has 0 atom stereocenters. The van der Waals surface area contributed by atoms with Crippen molar-refractivity contribution in [1.29, 1.82) is 0 Å². The summed E-state index contributed by atoms with van der Waals surface area (Å²) in [5.74, 6) is 0.245. The molecular weight excluding hydrogens is 252 g/mol. The molecule has 3 rings (SSSR count). The summed E-state index contributed by atoms with van der Waals surface area (Å²) >= 11 is 5.98. The number of hydrogen-bond acceptors (Lipinski definition) is 3. The minimum Gasteiger partial charge on any atom is -0.408 e. The molecule has 0 amide bonds. The standard InChI is InChI=1S/C13H15ClN2O2/c14-10-1-2-12-11(7-10)16(13(17)18-12)8-9-3-5-15-6-4-9/h1-2,7,9,15H,3-6,8H2. The predicted molar refractivity (Wildman–Crippen MR) is 71.1 cm³/mol. The molecule has 0 aliphatic carbocycles. The maximum absolute atomic E-state index is 11.9. The van der Waals surface area contributed by atoms with Crippen LogP contribution < -0.4 is 11.1 Å². The van der Waals surface area contributed by atoms with Crippen LogP contribution in [-0.4, -0.2) is 17.7 Å². The topological polar surface area (TPSA) is 47.2 Å². The minimum atomic E-state index is -0.286. The molecule has 0 bridgehead atoms. The first-order valence-electron chi connectivity index (χ1n) is 6.23. The van der Waals surface area contributed by atoms with Crippen molar-refractivity contribution in [3.8, 4) is 0 Å². The molecular formula is C13H15ClN2O2. The molecule has 1 aromatic carbocycles. The lowest BCUT2D eigenvalue weighted by Crippen LogP contribution is -2.31. The Morgan fingerprint density at radius 2 is 2.17 bits per heavy atom. The zero-order valence-electron chi connectivity index (χ0n) is 9.99. The van der Waals surface area contributed by atoms with Gasteiger partial charge < -0.3 is 9.73 Å². The monoisotopic (exact) mass is 266 g/mol. The van der Waals surface area contributed by atoms with Gasteiger partial charge in [0.2, 0.25) is 0 Å². The van der Waals surface area contributed by atoms with E-state index in [-0.39, 0.29) is 5.76 Å². The van der Waals surface area contributed by atoms with Crippen molar-refractivity contribution in [1.82, 2.24) is 9.88 Å². The molecule has 18 heavy (non-hydrogen) atoms. The number of benzene rings is 1. The van der Waals surface area contributed by atoms with Crippen LogP contribution >= 0.6 is 11.6 Å². The Hall–Kier alpha value is -1.26. The largest absolute Gasteiger partial charge is 0.419 e. The van der Waals surface area contributed by atoms with Gasteiger partial charge in [-0.05, 0) is 50.0 Å². The van der Waals surface area contributed by atoms with Crippen LogP contribution in [0.15, 0.2) is 27.4 Å². The average molecular weight is 267 g/mol. The summed E-state index contributed by atoms with van der Waals surface area (Å²) in [4.78, 5) is 11.9. The number of rotatable bonds is 2. The van der Waals surface area contributed by atoms with Gasteiger partial charge in [-0.1, -0.05) is 11.6 Å². The van der Waals surface area contributed by atoms with Crippen molar-refractivity contribution < 1.29 is 4.42 Å². The molecule has 0 unspecified atom stereocenters. The van der Waals surface area contributed by atoms with Gasteiger partial charge in [-0.15, -0.1) is 0 Å². The van der Waals surface area contributed by atoms with Crippen LogP contribution in [0.2, 0.25) is 5.02 Å². The molecule has 2 heterocycles. The molecule has 1 aliphatic heterocycles. The van der Waals surface area contributed by atoms with E-state index in [0.29, 0.717) is 23.1 Å². The molecule has 2 aromatic rings. The van der Waals surface area contributed by atoms with Crippen molar-refractivity contribution in [2.75, 3.05) is 13.1 Å². The van der Waals surface area contributed by atoms with E-state index < -0.39 is 0 Å². The number of nitrogens with zero attached hydrogens (tertiary/aromatic N) is 1. The molecule has 1 aromatic heterocycles. The van der Waals surface area contributed by atoms with Crippen molar-refractivity contribution >= 4 is 22.7 Å². The van der Waals surface area contributed by atoms with Crippen LogP contribution in [-0.2, 0) is 6.54 Å². The van der Waals surface area contributed by atoms with Crippen molar-refractivity contribution in [2.45, 2.75) is 19.4 Å². The summed E-state index contributed by atoms with van der Waals surface area (Å²) in [6.07, 6.45) is 2.19. The third-order valence-electron chi connectivity index (χ3n) is 3.53. The third-order valence-corrected chi connectivity index (χ3v) is 3.76. The maximum atomic E-state index is 11.9. The highest BCUT2D eigenvalue weighted by atomic mass is 35.5. The summed E-state index contributed by atoms with van der Waals surface area (Å²) in [7, 11) is 0. The zero-order chi connectivity index (χ0) is 12.5. The van der Waals surface area contributed by atoms with E-state index in [1.54, 1.807) is 22.8 Å². The van der Waals surface area contributed by atoms with E-state index in [4.69, 9.17) is 16.0 Å². The van der Waals surface area contributed by atoms with Crippen LogP contribution in [0, 0.1) is 5.92 Å². The van der Waals surface area contributed by atoms with E-state index in [1.807, 2.05) is 0 Å². The van der Waals surface area contributed by atoms with Gasteiger partial charge in [-0.3, -0.25) is 4.57 Å². The second-order valence-electron chi connectivity index (χ2n) is 4.78. The SMILES string of the molecule is O=c1oc2ccc(Cl)cc2n1CC1CCNCC1. The molecule has 1 fully saturated rings. The van der Waals surface area contributed by atoms with Crippen LogP contribution in [0.25, 0.3) is 11.1 Å². The van der Waals surface area contributed by atoms with Gasteiger partial charge in [0, 0.05) is 11.6 Å². The number of piperidine rings is 1. The number of fused-ring (bicyclic) bond motifs is 1. The van der Waals surface area contributed by atoms with E-state index in [1.165, 1.54) is 0 Å². The molecule has 1 aliphatic rings. The normalized spacial score (nSPS) is 17.4. The number of hydrogen-bond donors (Lipinski definition) is 1. The van der Waals surface area contributed by atoms with Crippen LogP contribution in [0.3, 0.4) is 0 Å². The summed E-state index contributed by atoms with van der Waals surface area (Å²) in [6, 6.07) is 5.28. The van der Waals surface area contributed by atoms with Gasteiger partial charge in [0.05, 0.1) is 5.52 Å². The van der Waals surface area contributed by atoms with E-state index in [0.717, 1.165) is 31.4 Å². The fraction of sp³-hybridized carbons (Fsp3) is 0.462. The Labute approximate surface area is 110 Å². The first-order valence-corrected chi connectivity index (χ1v) is 6.61. The summed E-state index contributed by atoms with van der Waals surface area (Å²) in [6.45, 7) is 2.76. The Morgan fingerprint density at radius 3 is 2.94 bits per heavy atom. The number of nitrogens with one attached hydrogen (secondary N) is 1.